The molecule has 0 aliphatic heterocycles. The summed E-state index contributed by atoms with van der Waals surface area (Å²) in [5.41, 5.74) is -0.688. The maximum absolute atomic E-state index is 13.8. The topological polar surface area (TPSA) is 52.6 Å². The number of benzene rings is 1. The number of esters is 1. The zero-order chi connectivity index (χ0) is 14.6. The molecule has 0 heterocycles. The van der Waals surface area contributed by atoms with Crippen LogP contribution in [0.25, 0.3) is 0 Å². The Morgan fingerprint density at radius 2 is 2.00 bits per heavy atom. The molecule has 0 aliphatic carbocycles. The smallest absolute Gasteiger partial charge is 0.381 e. The summed E-state index contributed by atoms with van der Waals surface area (Å²) in [6.45, 7) is 1.25. The van der Waals surface area contributed by atoms with Crippen LogP contribution in [0.1, 0.15) is 12.5 Å². The second-order valence-corrected chi connectivity index (χ2v) is 3.88. The Hall–Kier alpha value is -1.69. The maximum atomic E-state index is 13.8. The first-order valence-electron chi connectivity index (χ1n) is 5.28. The van der Waals surface area contributed by atoms with E-state index in [1.807, 2.05) is 0 Å². The summed E-state index contributed by atoms with van der Waals surface area (Å²) in [6, 6.07) is 3.00. The van der Waals surface area contributed by atoms with E-state index in [1.165, 1.54) is 14.0 Å². The lowest BCUT2D eigenvalue weighted by atomic mass is 10.0. The van der Waals surface area contributed by atoms with Gasteiger partial charge in [-0.1, -0.05) is 17.7 Å². The molecule has 104 valence electrons. The van der Waals surface area contributed by atoms with Crippen molar-refractivity contribution in [3.05, 3.63) is 28.8 Å². The molecule has 0 saturated carbocycles. The van der Waals surface area contributed by atoms with E-state index < -0.39 is 23.2 Å². The van der Waals surface area contributed by atoms with Crippen LogP contribution in [0.15, 0.2) is 18.2 Å². The molecule has 0 spiro atoms. The van der Waals surface area contributed by atoms with E-state index in [0.29, 0.717) is 0 Å². The lowest BCUT2D eigenvalue weighted by molar-refractivity contribution is -0.166. The molecule has 0 unspecified atom stereocenters. The minimum Gasteiger partial charge on any atom is -0.495 e. The molecule has 0 N–H and O–H groups in total. The highest BCUT2D eigenvalue weighted by atomic mass is 35.5. The van der Waals surface area contributed by atoms with Crippen LogP contribution in [0.3, 0.4) is 0 Å². The molecule has 1 aromatic rings. The quantitative estimate of drug-likeness (QED) is 0.618. The van der Waals surface area contributed by atoms with Crippen LogP contribution < -0.4 is 4.74 Å². The van der Waals surface area contributed by atoms with Gasteiger partial charge in [0.25, 0.3) is 0 Å². The highest BCUT2D eigenvalue weighted by molar-refractivity contribution is 6.36. The van der Waals surface area contributed by atoms with Gasteiger partial charge in [0, 0.05) is 5.56 Å². The number of carbonyl (C=O) groups excluding carboxylic acids is 2. The molecule has 0 atom stereocenters. The molecule has 0 bridgehead atoms. The molecule has 1 rings (SSSR count). The fourth-order valence-electron chi connectivity index (χ4n) is 1.31. The Labute approximate surface area is 113 Å². The number of rotatable bonds is 5. The Balaban J connectivity index is 3.12. The standard InChI is InChI=1S/C12H11ClF2O4/c1-3-19-11(17)10(16)12(14,15)7-4-5-8(13)9(6-7)18-2/h4-6H,3H2,1-2H3. The average molecular weight is 293 g/mol. The molecule has 0 radical (unpaired) electrons. The number of hydrogen-bond acceptors (Lipinski definition) is 4. The van der Waals surface area contributed by atoms with Crippen LogP contribution in [-0.4, -0.2) is 25.5 Å². The molecule has 7 heteroatoms. The molecule has 0 aliphatic rings. The largest absolute Gasteiger partial charge is 0.495 e. The Bertz CT molecular complexity index is 503. The van der Waals surface area contributed by atoms with Gasteiger partial charge in [-0.25, -0.2) is 4.79 Å². The predicted molar refractivity (Wildman–Crippen MR) is 63.5 cm³/mol. The molecule has 0 aromatic heterocycles. The van der Waals surface area contributed by atoms with Crippen LogP contribution >= 0.6 is 11.6 Å². The average Bonchev–Trinajstić information content (AvgIpc) is 2.38. The van der Waals surface area contributed by atoms with E-state index in [2.05, 4.69) is 4.74 Å². The van der Waals surface area contributed by atoms with Gasteiger partial charge in [-0.3, -0.25) is 4.79 Å². The van der Waals surface area contributed by atoms with Gasteiger partial charge in [0.2, 0.25) is 0 Å². The number of ketones is 1. The van der Waals surface area contributed by atoms with Crippen LogP contribution in [0.2, 0.25) is 5.02 Å². The van der Waals surface area contributed by atoms with Crippen molar-refractivity contribution in [3.8, 4) is 5.75 Å². The van der Waals surface area contributed by atoms with Crippen molar-refractivity contribution in [1.29, 1.82) is 0 Å². The van der Waals surface area contributed by atoms with Crippen molar-refractivity contribution in [1.82, 2.24) is 0 Å². The number of carbonyl (C=O) groups is 2. The number of methoxy groups -OCH3 is 1. The minimum atomic E-state index is -4.00. The predicted octanol–water partition coefficient (Wildman–Crippen LogP) is 2.57. The molecule has 19 heavy (non-hydrogen) atoms. The summed E-state index contributed by atoms with van der Waals surface area (Å²) >= 11 is 5.69. The number of ether oxygens (including phenoxy) is 2. The Kier molecular flexibility index (Phi) is 4.83. The Morgan fingerprint density at radius 3 is 2.53 bits per heavy atom. The summed E-state index contributed by atoms with van der Waals surface area (Å²) in [7, 11) is 1.25. The van der Waals surface area contributed by atoms with Gasteiger partial charge in [0.15, 0.2) is 0 Å². The summed E-state index contributed by atoms with van der Waals surface area (Å²) in [5, 5.41) is 0.116. The summed E-state index contributed by atoms with van der Waals surface area (Å²) in [4.78, 5) is 22.4. The van der Waals surface area contributed by atoms with Gasteiger partial charge < -0.3 is 9.47 Å². The fraction of sp³-hybridized carbons (Fsp3) is 0.333. The number of hydrogen-bond donors (Lipinski definition) is 0. The van der Waals surface area contributed by atoms with E-state index >= 15 is 0 Å². The molecular weight excluding hydrogens is 282 g/mol. The van der Waals surface area contributed by atoms with Crippen molar-refractivity contribution in [2.24, 2.45) is 0 Å². The first-order valence-corrected chi connectivity index (χ1v) is 5.65. The lowest BCUT2D eigenvalue weighted by Gasteiger charge is -2.15. The van der Waals surface area contributed by atoms with E-state index in [0.717, 1.165) is 18.2 Å². The van der Waals surface area contributed by atoms with Gasteiger partial charge in [-0.15, -0.1) is 0 Å². The van der Waals surface area contributed by atoms with E-state index in [-0.39, 0.29) is 17.4 Å². The summed E-state index contributed by atoms with van der Waals surface area (Å²) in [6.07, 6.45) is 0. The second-order valence-electron chi connectivity index (χ2n) is 3.47. The van der Waals surface area contributed by atoms with Crippen molar-refractivity contribution in [2.75, 3.05) is 13.7 Å². The van der Waals surface area contributed by atoms with Gasteiger partial charge in [-0.2, -0.15) is 8.78 Å². The first kappa shape index (κ1) is 15.4. The molecule has 0 saturated heterocycles. The minimum absolute atomic E-state index is 0.0181. The molecule has 0 amide bonds. The molecule has 0 fully saturated rings. The SMILES string of the molecule is CCOC(=O)C(=O)C(F)(F)c1ccc(Cl)c(OC)c1. The van der Waals surface area contributed by atoms with Crippen molar-refractivity contribution in [3.63, 3.8) is 0 Å². The lowest BCUT2D eigenvalue weighted by Crippen LogP contribution is -2.34. The zero-order valence-electron chi connectivity index (χ0n) is 10.2. The highest BCUT2D eigenvalue weighted by Gasteiger charge is 2.46. The summed E-state index contributed by atoms with van der Waals surface area (Å²) in [5.74, 6) is -7.53. The van der Waals surface area contributed by atoms with Gasteiger partial charge in [0.05, 0.1) is 18.7 Å². The van der Waals surface area contributed by atoms with E-state index in [4.69, 9.17) is 16.3 Å². The van der Waals surface area contributed by atoms with Crippen LogP contribution in [0.5, 0.6) is 5.75 Å². The monoisotopic (exact) mass is 292 g/mol. The van der Waals surface area contributed by atoms with Crippen molar-refractivity contribution in [2.45, 2.75) is 12.8 Å². The zero-order valence-corrected chi connectivity index (χ0v) is 11.0. The van der Waals surface area contributed by atoms with Gasteiger partial charge in [-0.05, 0) is 19.1 Å². The Morgan fingerprint density at radius 1 is 1.37 bits per heavy atom. The third kappa shape index (κ3) is 3.20. The van der Waals surface area contributed by atoms with Crippen molar-refractivity contribution < 1.29 is 27.8 Å². The molecule has 4 nitrogen and oxygen atoms in total. The first-order chi connectivity index (χ1) is 8.84. The van der Waals surface area contributed by atoms with Gasteiger partial charge in [0.1, 0.15) is 5.75 Å². The van der Waals surface area contributed by atoms with Crippen LogP contribution in [0.4, 0.5) is 8.78 Å². The van der Waals surface area contributed by atoms with E-state index in [1.54, 1.807) is 0 Å². The van der Waals surface area contributed by atoms with Crippen molar-refractivity contribution >= 4 is 23.4 Å². The van der Waals surface area contributed by atoms with Crippen LogP contribution in [0, 0.1) is 0 Å². The van der Waals surface area contributed by atoms with Crippen LogP contribution in [-0.2, 0) is 20.2 Å². The number of Topliss-reactive ketones (excluding diaryl/α,β-unsaturated/α-hetero) is 1. The fourth-order valence-corrected chi connectivity index (χ4v) is 1.51. The normalized spacial score (nSPS) is 11.0. The highest BCUT2D eigenvalue weighted by Crippen LogP contribution is 2.34. The number of halogens is 3. The second kappa shape index (κ2) is 5.97. The third-order valence-electron chi connectivity index (χ3n) is 2.26. The van der Waals surface area contributed by atoms with E-state index in [9.17, 15) is 18.4 Å². The number of alkyl halides is 2. The molecule has 1 aromatic carbocycles. The molecular formula is C12H11ClF2O4. The maximum Gasteiger partial charge on any atom is 0.381 e. The van der Waals surface area contributed by atoms with Gasteiger partial charge >= 0.3 is 17.7 Å². The third-order valence-corrected chi connectivity index (χ3v) is 2.57. The summed E-state index contributed by atoms with van der Waals surface area (Å²) < 4.78 is 36.7.